The smallest absolute Gasteiger partial charge is 0.0619 e. The van der Waals surface area contributed by atoms with Crippen molar-refractivity contribution in [1.29, 1.82) is 0 Å². The summed E-state index contributed by atoms with van der Waals surface area (Å²) in [6, 6.07) is 51.1. The summed E-state index contributed by atoms with van der Waals surface area (Å²) in [5, 5.41) is 10.4. The Bertz CT molecular complexity index is 2420. The predicted molar refractivity (Wildman–Crippen MR) is 174 cm³/mol. The maximum atomic E-state index is 2.46. The van der Waals surface area contributed by atoms with Crippen LogP contribution >= 0.6 is 11.3 Å². The Morgan fingerprint density at radius 1 is 0.425 bits per heavy atom. The highest BCUT2D eigenvalue weighted by Gasteiger charge is 2.17. The van der Waals surface area contributed by atoms with Crippen LogP contribution in [0.2, 0.25) is 0 Å². The van der Waals surface area contributed by atoms with Gasteiger partial charge in [0.15, 0.2) is 0 Å². The average molecular weight is 526 g/mol. The summed E-state index contributed by atoms with van der Waals surface area (Å²) in [7, 11) is 0. The van der Waals surface area contributed by atoms with E-state index < -0.39 is 0 Å². The molecule has 7 aromatic carbocycles. The second-order valence-electron chi connectivity index (χ2n) is 10.5. The summed E-state index contributed by atoms with van der Waals surface area (Å²) in [5.41, 5.74) is 6.19. The lowest BCUT2D eigenvalue weighted by molar-refractivity contribution is 1.19. The molecular weight excluding hydrogens is 502 g/mol. The lowest BCUT2D eigenvalue weighted by Gasteiger charge is -2.12. The fraction of sp³-hybridized carbons (Fsp3) is 0. The molecule has 0 atom stereocenters. The fourth-order valence-corrected chi connectivity index (χ4v) is 7.81. The van der Waals surface area contributed by atoms with Gasteiger partial charge in [-0.2, -0.15) is 0 Å². The van der Waals surface area contributed by atoms with Crippen LogP contribution in [-0.2, 0) is 0 Å². The molecule has 9 rings (SSSR count). The monoisotopic (exact) mass is 525 g/mol. The molecule has 0 amide bonds. The zero-order valence-corrected chi connectivity index (χ0v) is 22.5. The van der Waals surface area contributed by atoms with E-state index in [4.69, 9.17) is 0 Å². The van der Waals surface area contributed by atoms with Crippen molar-refractivity contribution >= 4 is 74.9 Å². The first kappa shape index (κ1) is 22.0. The van der Waals surface area contributed by atoms with Gasteiger partial charge in [-0.1, -0.05) is 115 Å². The normalized spacial score (nSPS) is 12.0. The molecular formula is C38H23NS. The van der Waals surface area contributed by atoms with E-state index in [-0.39, 0.29) is 0 Å². The Morgan fingerprint density at radius 2 is 1.05 bits per heavy atom. The van der Waals surface area contributed by atoms with Gasteiger partial charge in [-0.3, -0.25) is 0 Å². The lowest BCUT2D eigenvalue weighted by atomic mass is 9.98. The van der Waals surface area contributed by atoms with Gasteiger partial charge >= 0.3 is 0 Å². The zero-order valence-electron chi connectivity index (χ0n) is 21.6. The van der Waals surface area contributed by atoms with Crippen molar-refractivity contribution in [2.45, 2.75) is 0 Å². The van der Waals surface area contributed by atoms with E-state index >= 15 is 0 Å². The summed E-state index contributed by atoms with van der Waals surface area (Å²) >= 11 is 1.90. The molecule has 0 unspecified atom stereocenters. The molecule has 0 aliphatic carbocycles. The molecule has 0 N–H and O–H groups in total. The van der Waals surface area contributed by atoms with Gasteiger partial charge in [0.2, 0.25) is 0 Å². The minimum atomic E-state index is 1.18. The Balaban J connectivity index is 1.32. The highest BCUT2D eigenvalue weighted by molar-refractivity contribution is 7.26. The van der Waals surface area contributed by atoms with Crippen LogP contribution in [0.25, 0.3) is 80.3 Å². The van der Waals surface area contributed by atoms with Gasteiger partial charge in [0, 0.05) is 47.4 Å². The first-order valence-corrected chi connectivity index (χ1v) is 14.5. The van der Waals surface area contributed by atoms with Gasteiger partial charge in [-0.15, -0.1) is 11.3 Å². The minimum Gasteiger partial charge on any atom is -0.309 e. The van der Waals surface area contributed by atoms with Crippen LogP contribution in [-0.4, -0.2) is 4.57 Å². The highest BCUT2D eigenvalue weighted by atomic mass is 32.1. The number of benzene rings is 7. The molecule has 2 aromatic heterocycles. The first-order chi connectivity index (χ1) is 19.8. The standard InChI is InChI=1S/C38H23NS/c1-2-10-27-24(8-1)9-7-13-28(27)25-16-18-26(19-17-25)39-35-14-5-3-11-29(35)31-20-23-34-32(37(31)39)21-22-33-30-12-4-6-15-36(30)40-38(33)34/h1-23H. The molecule has 9 aromatic rings. The highest BCUT2D eigenvalue weighted by Crippen LogP contribution is 2.43. The third-order valence-electron chi connectivity index (χ3n) is 8.40. The molecule has 2 heterocycles. The summed E-state index contributed by atoms with van der Waals surface area (Å²) in [6.07, 6.45) is 0. The molecule has 0 spiro atoms. The maximum absolute atomic E-state index is 2.46. The summed E-state index contributed by atoms with van der Waals surface area (Å²) < 4.78 is 5.16. The van der Waals surface area contributed by atoms with Crippen molar-refractivity contribution in [1.82, 2.24) is 4.57 Å². The van der Waals surface area contributed by atoms with E-state index in [0.29, 0.717) is 0 Å². The van der Waals surface area contributed by atoms with Crippen molar-refractivity contribution in [3.05, 3.63) is 140 Å². The summed E-state index contributed by atoms with van der Waals surface area (Å²) in [6.45, 7) is 0. The van der Waals surface area contributed by atoms with Crippen molar-refractivity contribution in [2.24, 2.45) is 0 Å². The Morgan fingerprint density at radius 3 is 1.90 bits per heavy atom. The van der Waals surface area contributed by atoms with E-state index in [9.17, 15) is 0 Å². The number of fused-ring (bicyclic) bond motifs is 10. The van der Waals surface area contributed by atoms with Gasteiger partial charge in [0.1, 0.15) is 0 Å². The second kappa shape index (κ2) is 8.29. The quantitative estimate of drug-likeness (QED) is 0.211. The van der Waals surface area contributed by atoms with Crippen LogP contribution in [0.4, 0.5) is 0 Å². The average Bonchev–Trinajstić information content (AvgIpc) is 3.57. The summed E-state index contributed by atoms with van der Waals surface area (Å²) in [5.74, 6) is 0. The van der Waals surface area contributed by atoms with Crippen LogP contribution in [0.5, 0.6) is 0 Å². The maximum Gasteiger partial charge on any atom is 0.0619 e. The molecule has 2 heteroatoms. The summed E-state index contributed by atoms with van der Waals surface area (Å²) in [4.78, 5) is 0. The number of nitrogens with zero attached hydrogens (tertiary/aromatic N) is 1. The van der Waals surface area contributed by atoms with E-state index in [0.717, 1.165) is 0 Å². The minimum absolute atomic E-state index is 1.18. The third kappa shape index (κ3) is 3.03. The van der Waals surface area contributed by atoms with Crippen molar-refractivity contribution in [3.63, 3.8) is 0 Å². The molecule has 1 nitrogen and oxygen atoms in total. The van der Waals surface area contributed by atoms with Crippen LogP contribution in [0.15, 0.2) is 140 Å². The molecule has 0 radical (unpaired) electrons. The number of hydrogen-bond acceptors (Lipinski definition) is 1. The van der Waals surface area contributed by atoms with E-state index in [1.54, 1.807) is 0 Å². The Kier molecular flexibility index (Phi) is 4.55. The largest absolute Gasteiger partial charge is 0.309 e. The number of hydrogen-bond donors (Lipinski definition) is 0. The van der Waals surface area contributed by atoms with Gasteiger partial charge in [0.25, 0.3) is 0 Å². The zero-order chi connectivity index (χ0) is 26.2. The van der Waals surface area contributed by atoms with Gasteiger partial charge in [0.05, 0.1) is 11.0 Å². The molecule has 0 aliphatic rings. The fourth-order valence-electron chi connectivity index (χ4n) is 6.58. The first-order valence-electron chi connectivity index (χ1n) is 13.7. The topological polar surface area (TPSA) is 4.93 Å². The molecule has 0 aliphatic heterocycles. The predicted octanol–water partition coefficient (Wildman–Crippen LogP) is 11.1. The lowest BCUT2D eigenvalue weighted by Crippen LogP contribution is -1.94. The van der Waals surface area contributed by atoms with E-state index in [1.807, 2.05) is 11.3 Å². The SMILES string of the molecule is c1ccc2c(-c3ccc(-n4c5ccccc5c5ccc6c(ccc7c8ccccc8sc76)c54)cc3)cccc2c1. The second-order valence-corrected chi connectivity index (χ2v) is 11.6. The van der Waals surface area contributed by atoms with Gasteiger partial charge in [-0.05, 0) is 46.2 Å². The van der Waals surface area contributed by atoms with Crippen LogP contribution in [0.1, 0.15) is 0 Å². The molecule has 0 saturated carbocycles. The van der Waals surface area contributed by atoms with E-state index in [2.05, 4.69) is 144 Å². The van der Waals surface area contributed by atoms with Crippen molar-refractivity contribution in [3.8, 4) is 16.8 Å². The van der Waals surface area contributed by atoms with Crippen molar-refractivity contribution in [2.75, 3.05) is 0 Å². The molecule has 0 fully saturated rings. The number of thiophene rings is 1. The van der Waals surface area contributed by atoms with E-state index in [1.165, 1.54) is 80.3 Å². The number of para-hydroxylation sites is 1. The van der Waals surface area contributed by atoms with Crippen molar-refractivity contribution < 1.29 is 0 Å². The van der Waals surface area contributed by atoms with Crippen LogP contribution in [0.3, 0.4) is 0 Å². The van der Waals surface area contributed by atoms with Gasteiger partial charge in [-0.25, -0.2) is 0 Å². The number of rotatable bonds is 2. The Labute approximate surface area is 235 Å². The molecule has 0 bridgehead atoms. The molecule has 186 valence electrons. The Hall–Kier alpha value is -4.92. The van der Waals surface area contributed by atoms with Crippen LogP contribution in [0, 0.1) is 0 Å². The number of aromatic nitrogens is 1. The van der Waals surface area contributed by atoms with Crippen LogP contribution < -0.4 is 0 Å². The molecule has 0 saturated heterocycles. The molecule has 40 heavy (non-hydrogen) atoms. The van der Waals surface area contributed by atoms with Gasteiger partial charge < -0.3 is 4.57 Å². The third-order valence-corrected chi connectivity index (χ3v) is 9.62.